The largest absolute Gasteiger partial charge is 3.00 e. The van der Waals surface area contributed by atoms with E-state index in [1.54, 1.807) is 0 Å². The molecule has 0 radical (unpaired) electrons. The van der Waals surface area contributed by atoms with Crippen molar-refractivity contribution in [2.75, 3.05) is 0 Å². The second-order valence-electron chi connectivity index (χ2n) is 0. The molecular weight excluding hydrogens is 208 g/mol. The first-order chi connectivity index (χ1) is 0. The van der Waals surface area contributed by atoms with Gasteiger partial charge in [0.15, 0.2) is 0 Å². The minimum absolute atomic E-state index is 0. The van der Waals surface area contributed by atoms with Gasteiger partial charge in [-0.05, 0) is 0 Å². The van der Waals surface area contributed by atoms with Crippen LogP contribution in [0.5, 0.6) is 0 Å². The van der Waals surface area contributed by atoms with Crippen LogP contribution < -0.4 is 0 Å². The standard InChI is InChI=1S/Al.2Ga.3N/q3*+3;3*-3. The van der Waals surface area contributed by atoms with E-state index in [9.17, 15) is 0 Å². The third-order valence-electron chi connectivity index (χ3n) is 0. The van der Waals surface area contributed by atoms with Crippen LogP contribution in [0.1, 0.15) is 0 Å². The predicted octanol–water partition coefficient (Wildman–Crippen LogP) is -0.276. The van der Waals surface area contributed by atoms with Crippen molar-refractivity contribution < 1.29 is 0 Å². The van der Waals surface area contributed by atoms with Gasteiger partial charge in [-0.1, -0.05) is 0 Å². The number of nitrogens with zero attached hydrogens (tertiary/aromatic N) is 3. The summed E-state index contributed by atoms with van der Waals surface area (Å²) in [6, 6.07) is 0. The van der Waals surface area contributed by atoms with Gasteiger partial charge < -0.3 is 18.5 Å². The van der Waals surface area contributed by atoms with Gasteiger partial charge in [0.2, 0.25) is 0 Å². The Labute approximate surface area is 75.0 Å². The van der Waals surface area contributed by atoms with Crippen molar-refractivity contribution in [1.82, 2.24) is 0 Å². The summed E-state index contributed by atoms with van der Waals surface area (Å²) >= 11 is 0. The SMILES string of the molecule is [Al+3].[Ga+3].[Ga+3].[N-3].[N-3].[N-3]. The fraction of sp³-hybridized carbons (Fsp3) is 0. The zero-order valence-electron chi connectivity index (χ0n) is 3.07. The van der Waals surface area contributed by atoms with Gasteiger partial charge in [-0.2, -0.15) is 0 Å². The molecule has 0 bridgehead atoms. The Bertz CT molecular complexity index is 8.75. The van der Waals surface area contributed by atoms with E-state index in [0.717, 1.165) is 0 Å². The van der Waals surface area contributed by atoms with E-state index in [0.29, 0.717) is 0 Å². The van der Waals surface area contributed by atoms with Crippen LogP contribution in [0.2, 0.25) is 0 Å². The second kappa shape index (κ2) is 76.1. The Morgan fingerprint density at radius 1 is 0.500 bits per heavy atom. The molecule has 0 aromatic carbocycles. The van der Waals surface area contributed by atoms with Crippen molar-refractivity contribution >= 4 is 56.9 Å². The van der Waals surface area contributed by atoms with E-state index >= 15 is 0 Å². The predicted molar refractivity (Wildman–Crippen MR) is 27.3 cm³/mol. The molecule has 3 nitrogen and oxygen atoms in total. The van der Waals surface area contributed by atoms with Crippen molar-refractivity contribution in [2.45, 2.75) is 0 Å². The first-order valence-corrected chi connectivity index (χ1v) is 0. The summed E-state index contributed by atoms with van der Waals surface area (Å²) in [4.78, 5) is 0. The Morgan fingerprint density at radius 2 is 0.500 bits per heavy atom. The molecule has 0 heterocycles. The van der Waals surface area contributed by atoms with Crippen LogP contribution in [-0.4, -0.2) is 56.9 Å². The quantitative estimate of drug-likeness (QED) is 0.490. The van der Waals surface area contributed by atoms with E-state index in [2.05, 4.69) is 0 Å². The molecule has 0 rings (SSSR count). The van der Waals surface area contributed by atoms with Gasteiger partial charge in [0.25, 0.3) is 0 Å². The summed E-state index contributed by atoms with van der Waals surface area (Å²) in [5.74, 6) is 0. The van der Waals surface area contributed by atoms with E-state index in [-0.39, 0.29) is 75.4 Å². The molecule has 6 heteroatoms. The Hall–Kier alpha value is 1.69. The van der Waals surface area contributed by atoms with Crippen molar-refractivity contribution in [1.29, 1.82) is 0 Å². The zero-order valence-corrected chi connectivity index (χ0v) is 9.07. The molecule has 0 amide bonds. The fourth-order valence-corrected chi connectivity index (χ4v) is 0. The molecule has 0 saturated carbocycles. The molecule has 0 saturated heterocycles. The van der Waals surface area contributed by atoms with Crippen LogP contribution >= 0.6 is 0 Å². The molecule has 0 N–H and O–H groups in total. The van der Waals surface area contributed by atoms with Crippen molar-refractivity contribution in [3.63, 3.8) is 0 Å². The maximum absolute atomic E-state index is 0. The molecule has 0 unspecified atom stereocenters. The summed E-state index contributed by atoms with van der Waals surface area (Å²) in [6.07, 6.45) is 0. The maximum atomic E-state index is 0. The van der Waals surface area contributed by atoms with E-state index < -0.39 is 0 Å². The molecule has 0 aliphatic rings. The molecule has 0 aliphatic carbocycles. The first-order valence-electron chi connectivity index (χ1n) is 0. The monoisotopic (exact) mass is 207 g/mol. The normalized spacial score (nSPS) is 0. The van der Waals surface area contributed by atoms with Crippen LogP contribution in [0.25, 0.3) is 18.5 Å². The molecule has 0 aliphatic heterocycles. The summed E-state index contributed by atoms with van der Waals surface area (Å²) in [7, 11) is 0. The third kappa shape index (κ3) is 43.9. The number of hydrogen-bond acceptors (Lipinski definition) is 0. The maximum Gasteiger partial charge on any atom is 3.00 e. The van der Waals surface area contributed by atoms with Gasteiger partial charge in [0.1, 0.15) is 0 Å². The fourth-order valence-electron chi connectivity index (χ4n) is 0. The molecule has 24 valence electrons. The first kappa shape index (κ1) is 121. The van der Waals surface area contributed by atoms with Gasteiger partial charge in [-0.15, -0.1) is 0 Å². The molecular formula is AlGa2N3. The molecule has 0 spiro atoms. The molecule has 0 atom stereocenters. The topological polar surface area (TPSA) is 91.5 Å². The number of rotatable bonds is 0. The third-order valence-corrected chi connectivity index (χ3v) is 0. The van der Waals surface area contributed by atoms with Crippen LogP contribution in [0, 0.1) is 0 Å². The minimum atomic E-state index is 0. The smallest absolute Gasteiger partial charge is 3.00 e. The van der Waals surface area contributed by atoms with Gasteiger partial charge in [0, 0.05) is 0 Å². The molecule has 0 aromatic rings. The molecule has 0 fully saturated rings. The van der Waals surface area contributed by atoms with Crippen molar-refractivity contribution in [3.8, 4) is 0 Å². The van der Waals surface area contributed by atoms with Gasteiger partial charge in [-0.3, -0.25) is 0 Å². The van der Waals surface area contributed by atoms with Crippen LogP contribution in [0.3, 0.4) is 0 Å². The van der Waals surface area contributed by atoms with Gasteiger partial charge in [0.05, 0.1) is 0 Å². The average Bonchev–Trinajstić information content (AvgIpc) is 0. The van der Waals surface area contributed by atoms with E-state index in [1.807, 2.05) is 0 Å². The minimum Gasteiger partial charge on any atom is -3.00 e. The Kier molecular flexibility index (Phi) is 1530. The van der Waals surface area contributed by atoms with E-state index in [1.165, 1.54) is 0 Å². The van der Waals surface area contributed by atoms with Crippen molar-refractivity contribution in [3.05, 3.63) is 18.5 Å². The van der Waals surface area contributed by atoms with E-state index in [4.69, 9.17) is 0 Å². The molecule has 0 aromatic heterocycles. The summed E-state index contributed by atoms with van der Waals surface area (Å²) in [5.41, 5.74) is 0. The van der Waals surface area contributed by atoms with Crippen LogP contribution in [0.15, 0.2) is 0 Å². The Morgan fingerprint density at radius 3 is 0.500 bits per heavy atom. The van der Waals surface area contributed by atoms with Gasteiger partial charge in [-0.25, -0.2) is 0 Å². The molecule has 6 heavy (non-hydrogen) atoms. The van der Waals surface area contributed by atoms with Crippen LogP contribution in [-0.2, 0) is 0 Å². The summed E-state index contributed by atoms with van der Waals surface area (Å²) < 4.78 is 0. The van der Waals surface area contributed by atoms with Gasteiger partial charge >= 0.3 is 56.9 Å². The average molecular weight is 208 g/mol. The van der Waals surface area contributed by atoms with Crippen LogP contribution in [0.4, 0.5) is 0 Å². The summed E-state index contributed by atoms with van der Waals surface area (Å²) in [6.45, 7) is 0. The summed E-state index contributed by atoms with van der Waals surface area (Å²) in [5, 5.41) is 0. The number of hydrogen-bond donors (Lipinski definition) is 0. The Balaban J connectivity index is 0. The zero-order chi connectivity index (χ0) is 0. The van der Waals surface area contributed by atoms with Crippen molar-refractivity contribution in [2.24, 2.45) is 0 Å². The second-order valence-corrected chi connectivity index (χ2v) is 0.